The van der Waals surface area contributed by atoms with E-state index in [4.69, 9.17) is 9.47 Å². The molecule has 0 radical (unpaired) electrons. The van der Waals surface area contributed by atoms with Gasteiger partial charge in [-0.3, -0.25) is 0 Å². The Hall–Kier alpha value is -1.28. The van der Waals surface area contributed by atoms with Gasteiger partial charge in [0.05, 0.1) is 6.61 Å². The van der Waals surface area contributed by atoms with E-state index in [0.29, 0.717) is 6.61 Å². The molecule has 0 spiro atoms. The van der Waals surface area contributed by atoms with Crippen LogP contribution in [0.4, 0.5) is 0 Å². The third kappa shape index (κ3) is 7.69. The summed E-state index contributed by atoms with van der Waals surface area (Å²) in [6.45, 7) is 5.80. The minimum atomic E-state index is -0.0390. The molecule has 23 heavy (non-hydrogen) atoms. The van der Waals surface area contributed by atoms with Gasteiger partial charge in [0.15, 0.2) is 0 Å². The Morgan fingerprint density at radius 3 is 2.30 bits per heavy atom. The van der Waals surface area contributed by atoms with Crippen molar-refractivity contribution in [3.05, 3.63) is 42.0 Å². The van der Waals surface area contributed by atoms with Crippen LogP contribution in [-0.2, 0) is 11.2 Å². The molecule has 2 nitrogen and oxygen atoms in total. The molecule has 0 amide bonds. The topological polar surface area (TPSA) is 21.8 Å². The molecule has 0 aliphatic carbocycles. The zero-order valence-corrected chi connectivity index (χ0v) is 14.9. The maximum absolute atomic E-state index is 5.75. The number of epoxide rings is 1. The summed E-state index contributed by atoms with van der Waals surface area (Å²) in [5.74, 6) is 0.945. The normalized spacial score (nSPS) is 20.1. The highest BCUT2D eigenvalue weighted by molar-refractivity contribution is 5.27. The molecule has 1 atom stereocenters. The van der Waals surface area contributed by atoms with Crippen molar-refractivity contribution in [2.75, 3.05) is 13.2 Å². The van der Waals surface area contributed by atoms with Crippen LogP contribution < -0.4 is 4.74 Å². The molecule has 0 aromatic heterocycles. The van der Waals surface area contributed by atoms with Gasteiger partial charge in [-0.1, -0.05) is 44.1 Å². The first-order valence-electron chi connectivity index (χ1n) is 9.22. The first-order chi connectivity index (χ1) is 11.2. The lowest BCUT2D eigenvalue weighted by molar-refractivity contribution is 0.202. The maximum Gasteiger partial charge on any atom is 0.123 e. The Bertz CT molecular complexity index is 457. The number of allylic oxidation sites excluding steroid dienone is 2. The number of ether oxygens (including phenoxy) is 2. The lowest BCUT2D eigenvalue weighted by Crippen LogP contribution is -2.16. The summed E-state index contributed by atoms with van der Waals surface area (Å²) in [5, 5.41) is 0. The number of benzene rings is 1. The predicted molar refractivity (Wildman–Crippen MR) is 97.1 cm³/mol. The fourth-order valence-corrected chi connectivity index (χ4v) is 2.53. The smallest absolute Gasteiger partial charge is 0.123 e. The highest BCUT2D eigenvalue weighted by Gasteiger charge is 2.40. The molecule has 2 rings (SSSR count). The largest absolute Gasteiger partial charge is 0.491 e. The van der Waals surface area contributed by atoms with Crippen LogP contribution in [0, 0.1) is 0 Å². The molecule has 0 saturated carbocycles. The quantitative estimate of drug-likeness (QED) is 0.280. The molecule has 1 aromatic rings. The average Bonchev–Trinajstić information content (AvgIpc) is 3.30. The van der Waals surface area contributed by atoms with E-state index in [-0.39, 0.29) is 5.60 Å². The molecule has 1 aliphatic rings. The van der Waals surface area contributed by atoms with Crippen molar-refractivity contribution in [1.29, 1.82) is 0 Å². The maximum atomic E-state index is 5.75. The van der Waals surface area contributed by atoms with Crippen LogP contribution in [-0.4, -0.2) is 18.8 Å². The summed E-state index contributed by atoms with van der Waals surface area (Å²) in [5.41, 5.74) is 1.36. The van der Waals surface area contributed by atoms with E-state index in [1.807, 2.05) is 0 Å². The van der Waals surface area contributed by atoms with Crippen molar-refractivity contribution in [2.45, 2.75) is 70.8 Å². The summed E-state index contributed by atoms with van der Waals surface area (Å²) in [6, 6.07) is 8.53. The fraction of sp³-hybridized carbons (Fsp3) is 0.619. The molecule has 1 aliphatic heterocycles. The van der Waals surface area contributed by atoms with Crippen molar-refractivity contribution in [2.24, 2.45) is 0 Å². The second-order valence-electron chi connectivity index (χ2n) is 6.88. The molecule has 1 aromatic carbocycles. The van der Waals surface area contributed by atoms with Gasteiger partial charge in [0, 0.05) is 0 Å². The Labute approximate surface area is 141 Å². The molecule has 1 saturated heterocycles. The number of hydrogen-bond donors (Lipinski definition) is 0. The van der Waals surface area contributed by atoms with Crippen LogP contribution >= 0.6 is 0 Å². The SMILES string of the molecule is CCCCC/C=C/CCCCc1ccc(OCC2(C)CO2)cc1. The van der Waals surface area contributed by atoms with Crippen LogP contribution in [0.2, 0.25) is 0 Å². The third-order valence-corrected chi connectivity index (χ3v) is 4.33. The summed E-state index contributed by atoms with van der Waals surface area (Å²) < 4.78 is 11.1. The molecule has 1 heterocycles. The van der Waals surface area contributed by atoms with Crippen LogP contribution in [0.15, 0.2) is 36.4 Å². The fourth-order valence-electron chi connectivity index (χ4n) is 2.53. The molecule has 1 fully saturated rings. The summed E-state index contributed by atoms with van der Waals surface area (Å²) in [4.78, 5) is 0. The molecule has 128 valence electrons. The molecule has 0 N–H and O–H groups in total. The van der Waals surface area contributed by atoms with E-state index in [2.05, 4.69) is 50.3 Å². The number of rotatable bonds is 12. The Balaban J connectivity index is 1.53. The van der Waals surface area contributed by atoms with Gasteiger partial charge in [0.1, 0.15) is 18.0 Å². The first kappa shape index (κ1) is 18.1. The van der Waals surface area contributed by atoms with Crippen molar-refractivity contribution < 1.29 is 9.47 Å². The summed E-state index contributed by atoms with van der Waals surface area (Å²) in [6.07, 6.45) is 14.9. The first-order valence-corrected chi connectivity index (χ1v) is 9.22. The summed E-state index contributed by atoms with van der Waals surface area (Å²) >= 11 is 0. The Morgan fingerprint density at radius 2 is 1.70 bits per heavy atom. The van der Waals surface area contributed by atoms with Gasteiger partial charge in [0.2, 0.25) is 0 Å². The molecular formula is C21H32O2. The Kier molecular flexibility index (Phi) is 7.67. The monoisotopic (exact) mass is 316 g/mol. The molecule has 0 bridgehead atoms. The van der Waals surface area contributed by atoms with E-state index in [9.17, 15) is 0 Å². The van der Waals surface area contributed by atoms with E-state index in [1.54, 1.807) is 0 Å². The summed E-state index contributed by atoms with van der Waals surface area (Å²) in [7, 11) is 0. The van der Waals surface area contributed by atoms with Gasteiger partial charge < -0.3 is 9.47 Å². The van der Waals surface area contributed by atoms with Gasteiger partial charge in [-0.05, 0) is 63.1 Å². The number of unbranched alkanes of at least 4 members (excludes halogenated alkanes) is 5. The number of hydrogen-bond acceptors (Lipinski definition) is 2. The molecule has 2 heteroatoms. The van der Waals surface area contributed by atoms with Gasteiger partial charge in [-0.25, -0.2) is 0 Å². The second-order valence-corrected chi connectivity index (χ2v) is 6.88. The Morgan fingerprint density at radius 1 is 1.04 bits per heavy atom. The second kappa shape index (κ2) is 9.77. The van der Waals surface area contributed by atoms with Crippen molar-refractivity contribution in [3.63, 3.8) is 0 Å². The van der Waals surface area contributed by atoms with Crippen molar-refractivity contribution in [3.8, 4) is 5.75 Å². The van der Waals surface area contributed by atoms with E-state index >= 15 is 0 Å². The van der Waals surface area contributed by atoms with Gasteiger partial charge in [-0.2, -0.15) is 0 Å². The van der Waals surface area contributed by atoms with Crippen LogP contribution in [0.1, 0.15) is 64.4 Å². The highest BCUT2D eigenvalue weighted by atomic mass is 16.6. The van der Waals surface area contributed by atoms with Crippen molar-refractivity contribution >= 4 is 0 Å². The number of aryl methyl sites for hydroxylation is 1. The third-order valence-electron chi connectivity index (χ3n) is 4.33. The van der Waals surface area contributed by atoms with E-state index < -0.39 is 0 Å². The highest BCUT2D eigenvalue weighted by Crippen LogP contribution is 2.27. The van der Waals surface area contributed by atoms with Gasteiger partial charge >= 0.3 is 0 Å². The average molecular weight is 316 g/mol. The van der Waals surface area contributed by atoms with Gasteiger partial charge in [0.25, 0.3) is 0 Å². The minimum absolute atomic E-state index is 0.0390. The molecular weight excluding hydrogens is 284 g/mol. The zero-order valence-electron chi connectivity index (χ0n) is 14.9. The van der Waals surface area contributed by atoms with Crippen LogP contribution in [0.3, 0.4) is 0 Å². The van der Waals surface area contributed by atoms with E-state index in [0.717, 1.165) is 18.8 Å². The van der Waals surface area contributed by atoms with E-state index in [1.165, 1.54) is 50.5 Å². The minimum Gasteiger partial charge on any atom is -0.491 e. The lowest BCUT2D eigenvalue weighted by Gasteiger charge is -2.09. The van der Waals surface area contributed by atoms with Crippen LogP contribution in [0.25, 0.3) is 0 Å². The standard InChI is InChI=1S/C21H32O2/c1-3-4-5-6-7-8-9-10-11-12-19-13-15-20(16-14-19)22-17-21(2)18-23-21/h7-8,13-16H,3-6,9-12,17-18H2,1-2H3/b8-7+. The zero-order chi connectivity index (χ0) is 16.4. The molecule has 1 unspecified atom stereocenters. The predicted octanol–water partition coefficient (Wildman–Crippen LogP) is 5.70. The lowest BCUT2D eigenvalue weighted by atomic mass is 10.1. The van der Waals surface area contributed by atoms with Crippen molar-refractivity contribution in [1.82, 2.24) is 0 Å². The van der Waals surface area contributed by atoms with Crippen LogP contribution in [0.5, 0.6) is 5.75 Å². The van der Waals surface area contributed by atoms with Gasteiger partial charge in [-0.15, -0.1) is 0 Å².